The fourth-order valence-electron chi connectivity index (χ4n) is 2.75. The van der Waals surface area contributed by atoms with Gasteiger partial charge in [0.05, 0.1) is 11.4 Å². The highest BCUT2D eigenvalue weighted by Gasteiger charge is 2.12. The van der Waals surface area contributed by atoms with Crippen molar-refractivity contribution in [3.8, 4) is 5.69 Å². The van der Waals surface area contributed by atoms with Crippen LogP contribution in [-0.2, 0) is 6.54 Å². The predicted octanol–water partition coefficient (Wildman–Crippen LogP) is 3.60. The Morgan fingerprint density at radius 1 is 1.17 bits per heavy atom. The van der Waals surface area contributed by atoms with Crippen molar-refractivity contribution in [3.05, 3.63) is 71.3 Å². The number of ketones is 1. The second kappa shape index (κ2) is 6.66. The molecule has 1 aromatic carbocycles. The lowest BCUT2D eigenvalue weighted by molar-refractivity contribution is 0.103. The fraction of sp³-hybridized carbons (Fsp3) is 0.211. The normalized spacial score (nSPS) is 11.3. The van der Waals surface area contributed by atoms with Crippen LogP contribution in [0.25, 0.3) is 11.8 Å². The number of carbonyl (C=O) groups is 1. The molecule has 5 nitrogen and oxygen atoms in total. The van der Waals surface area contributed by atoms with E-state index in [0.717, 1.165) is 22.6 Å². The Labute approximate surface area is 141 Å². The Morgan fingerprint density at radius 3 is 2.62 bits per heavy atom. The molecular formula is C19H20N4O. The van der Waals surface area contributed by atoms with E-state index in [2.05, 4.69) is 10.2 Å². The van der Waals surface area contributed by atoms with Crippen LogP contribution in [-0.4, -0.2) is 25.3 Å². The minimum Gasteiger partial charge on any atom is -0.288 e. The van der Waals surface area contributed by atoms with Gasteiger partial charge in [0.15, 0.2) is 0 Å². The van der Waals surface area contributed by atoms with E-state index in [0.29, 0.717) is 12.2 Å². The summed E-state index contributed by atoms with van der Waals surface area (Å²) in [7, 11) is 0. The molecule has 3 rings (SSSR count). The lowest BCUT2D eigenvalue weighted by Gasteiger charge is -2.03. The van der Waals surface area contributed by atoms with Crippen LogP contribution in [0.5, 0.6) is 0 Å². The van der Waals surface area contributed by atoms with Gasteiger partial charge >= 0.3 is 0 Å². The van der Waals surface area contributed by atoms with Crippen molar-refractivity contribution in [1.29, 1.82) is 0 Å². The molecule has 0 aliphatic heterocycles. The van der Waals surface area contributed by atoms with E-state index in [1.807, 2.05) is 61.9 Å². The number of hydrogen-bond donors (Lipinski definition) is 0. The summed E-state index contributed by atoms with van der Waals surface area (Å²) >= 11 is 0. The first-order chi connectivity index (χ1) is 11.6. The molecule has 0 spiro atoms. The van der Waals surface area contributed by atoms with Crippen LogP contribution in [0.2, 0.25) is 0 Å². The summed E-state index contributed by atoms with van der Waals surface area (Å²) in [5, 5.41) is 8.73. The van der Waals surface area contributed by atoms with Gasteiger partial charge in [-0.3, -0.25) is 9.48 Å². The summed E-state index contributed by atoms with van der Waals surface area (Å²) in [5.41, 5.74) is 4.47. The van der Waals surface area contributed by atoms with Crippen molar-refractivity contribution in [1.82, 2.24) is 19.6 Å². The standard InChI is InChI=1S/C19H20N4O/c1-4-22-18(12-13-20-22)19(24)11-10-17-14(2)21-23(15(17)3)16-8-6-5-7-9-16/h5-13H,4H2,1-3H3/b11-10+. The zero-order chi connectivity index (χ0) is 17.1. The van der Waals surface area contributed by atoms with E-state index in [1.54, 1.807) is 23.0 Å². The van der Waals surface area contributed by atoms with Crippen LogP contribution in [0.1, 0.15) is 34.4 Å². The largest absolute Gasteiger partial charge is 0.288 e. The molecule has 2 aromatic heterocycles. The average molecular weight is 320 g/mol. The van der Waals surface area contributed by atoms with Gasteiger partial charge in [0.25, 0.3) is 0 Å². The SMILES string of the molecule is CCn1nccc1C(=O)/C=C/c1c(C)nn(-c2ccccc2)c1C. The third-order valence-corrected chi connectivity index (χ3v) is 4.02. The van der Waals surface area contributed by atoms with Gasteiger partial charge in [-0.05, 0) is 51.1 Å². The number of aromatic nitrogens is 4. The third-order valence-electron chi connectivity index (χ3n) is 4.02. The molecule has 0 fully saturated rings. The minimum absolute atomic E-state index is 0.0550. The number of hydrogen-bond acceptors (Lipinski definition) is 3. The highest BCUT2D eigenvalue weighted by Crippen LogP contribution is 2.19. The highest BCUT2D eigenvalue weighted by molar-refractivity contribution is 6.05. The molecule has 0 aliphatic rings. The van der Waals surface area contributed by atoms with E-state index in [9.17, 15) is 4.79 Å². The molecule has 3 aromatic rings. The Bertz CT molecular complexity index is 887. The molecule has 0 atom stereocenters. The molecule has 0 bridgehead atoms. The summed E-state index contributed by atoms with van der Waals surface area (Å²) in [4.78, 5) is 12.4. The van der Waals surface area contributed by atoms with Crippen molar-refractivity contribution in [2.75, 3.05) is 0 Å². The first-order valence-corrected chi connectivity index (χ1v) is 7.97. The van der Waals surface area contributed by atoms with Crippen LogP contribution >= 0.6 is 0 Å². The summed E-state index contributed by atoms with van der Waals surface area (Å²) in [5.74, 6) is -0.0550. The molecule has 2 heterocycles. The van der Waals surface area contributed by atoms with Gasteiger partial charge < -0.3 is 0 Å². The quantitative estimate of drug-likeness (QED) is 0.533. The fourth-order valence-corrected chi connectivity index (χ4v) is 2.75. The number of benzene rings is 1. The van der Waals surface area contributed by atoms with Crippen LogP contribution < -0.4 is 0 Å². The Kier molecular flexibility index (Phi) is 4.42. The molecule has 24 heavy (non-hydrogen) atoms. The lowest BCUT2D eigenvalue weighted by Crippen LogP contribution is -2.07. The summed E-state index contributed by atoms with van der Waals surface area (Å²) in [6.07, 6.45) is 5.08. The number of rotatable bonds is 5. The Balaban J connectivity index is 1.91. The van der Waals surface area contributed by atoms with Gasteiger partial charge in [0.2, 0.25) is 5.78 Å². The van der Waals surface area contributed by atoms with Crippen LogP contribution in [0.4, 0.5) is 0 Å². The van der Waals surface area contributed by atoms with Gasteiger partial charge in [-0.1, -0.05) is 18.2 Å². The molecular weight excluding hydrogens is 300 g/mol. The van der Waals surface area contributed by atoms with Gasteiger partial charge in [-0.15, -0.1) is 0 Å². The molecule has 0 unspecified atom stereocenters. The average Bonchev–Trinajstić information content (AvgIpc) is 3.18. The lowest BCUT2D eigenvalue weighted by atomic mass is 10.1. The van der Waals surface area contributed by atoms with Crippen LogP contribution in [0.15, 0.2) is 48.7 Å². The maximum absolute atomic E-state index is 12.4. The van der Waals surface area contributed by atoms with Gasteiger partial charge in [0.1, 0.15) is 5.69 Å². The van der Waals surface area contributed by atoms with Crippen molar-refractivity contribution in [3.63, 3.8) is 0 Å². The zero-order valence-corrected chi connectivity index (χ0v) is 14.1. The van der Waals surface area contributed by atoms with E-state index < -0.39 is 0 Å². The predicted molar refractivity (Wildman–Crippen MR) is 94.3 cm³/mol. The summed E-state index contributed by atoms with van der Waals surface area (Å²) < 4.78 is 3.59. The second-order valence-corrected chi connectivity index (χ2v) is 5.56. The highest BCUT2D eigenvalue weighted by atomic mass is 16.1. The third kappa shape index (κ3) is 2.93. The maximum Gasteiger partial charge on any atom is 0.203 e. The number of carbonyl (C=O) groups excluding carboxylic acids is 1. The molecule has 0 saturated carbocycles. The van der Waals surface area contributed by atoms with Crippen molar-refractivity contribution in [2.45, 2.75) is 27.3 Å². The number of allylic oxidation sites excluding steroid dienone is 1. The van der Waals surface area contributed by atoms with Crippen molar-refractivity contribution in [2.24, 2.45) is 0 Å². The van der Waals surface area contributed by atoms with E-state index in [1.165, 1.54) is 0 Å². The maximum atomic E-state index is 12.4. The molecule has 0 saturated heterocycles. The molecule has 0 amide bonds. The molecule has 0 aliphatic carbocycles. The number of nitrogens with zero attached hydrogens (tertiary/aromatic N) is 4. The summed E-state index contributed by atoms with van der Waals surface area (Å²) in [6, 6.07) is 11.7. The monoisotopic (exact) mass is 320 g/mol. The minimum atomic E-state index is -0.0550. The van der Waals surface area contributed by atoms with Crippen molar-refractivity contribution >= 4 is 11.9 Å². The van der Waals surface area contributed by atoms with Gasteiger partial charge in [0, 0.05) is 24.0 Å². The second-order valence-electron chi connectivity index (χ2n) is 5.56. The first-order valence-electron chi connectivity index (χ1n) is 7.97. The Morgan fingerprint density at radius 2 is 1.92 bits per heavy atom. The van der Waals surface area contributed by atoms with E-state index in [4.69, 9.17) is 0 Å². The van der Waals surface area contributed by atoms with Crippen molar-refractivity contribution < 1.29 is 4.79 Å². The number of aryl methyl sites for hydroxylation is 2. The molecule has 122 valence electrons. The van der Waals surface area contributed by atoms with Crippen LogP contribution in [0.3, 0.4) is 0 Å². The topological polar surface area (TPSA) is 52.7 Å². The molecule has 5 heteroatoms. The summed E-state index contributed by atoms with van der Waals surface area (Å²) in [6.45, 7) is 6.60. The Hall–Kier alpha value is -2.95. The van der Waals surface area contributed by atoms with Gasteiger partial charge in [-0.25, -0.2) is 4.68 Å². The first kappa shape index (κ1) is 15.9. The smallest absolute Gasteiger partial charge is 0.203 e. The van der Waals surface area contributed by atoms with Gasteiger partial charge in [-0.2, -0.15) is 10.2 Å². The number of para-hydroxylation sites is 1. The van der Waals surface area contributed by atoms with E-state index in [-0.39, 0.29) is 5.78 Å². The van der Waals surface area contributed by atoms with E-state index >= 15 is 0 Å². The van der Waals surface area contributed by atoms with Crippen LogP contribution in [0, 0.1) is 13.8 Å². The zero-order valence-electron chi connectivity index (χ0n) is 14.1. The molecule has 0 N–H and O–H groups in total. The molecule has 0 radical (unpaired) electrons.